The zero-order valence-electron chi connectivity index (χ0n) is 9.85. The van der Waals surface area contributed by atoms with Crippen LogP contribution in [0.15, 0.2) is 11.1 Å². The molecule has 0 aliphatic heterocycles. The van der Waals surface area contributed by atoms with Crippen LogP contribution in [0.25, 0.3) is 0 Å². The van der Waals surface area contributed by atoms with Crippen molar-refractivity contribution in [3.63, 3.8) is 0 Å². The largest absolute Gasteiger partial charge is 0.0661 e. The fraction of sp³-hybridized carbons (Fsp3) is 0.846. The van der Waals surface area contributed by atoms with Crippen LogP contribution in [0.4, 0.5) is 0 Å². The molecule has 0 amide bonds. The molecular formula is C13H24. The predicted octanol–water partition coefficient (Wildman–Crippen LogP) is 4.42. The molecule has 0 saturated heterocycles. The maximum atomic E-state index is 2.40. The van der Waals surface area contributed by atoms with Gasteiger partial charge in [0.15, 0.2) is 0 Å². The Morgan fingerprint density at radius 3 is 2.31 bits per heavy atom. The van der Waals surface area contributed by atoms with E-state index in [0.29, 0.717) is 0 Å². The van der Waals surface area contributed by atoms with Crippen LogP contribution in [0.3, 0.4) is 0 Å². The van der Waals surface area contributed by atoms with E-state index in [1.807, 2.05) is 0 Å². The van der Waals surface area contributed by atoms with E-state index in [2.05, 4.69) is 34.6 Å². The van der Waals surface area contributed by atoms with Gasteiger partial charge in [-0.1, -0.05) is 45.3 Å². The lowest BCUT2D eigenvalue weighted by atomic mass is 9.94. The Morgan fingerprint density at radius 2 is 1.85 bits per heavy atom. The molecule has 0 saturated carbocycles. The predicted molar refractivity (Wildman–Crippen MR) is 59.7 cm³/mol. The third-order valence-electron chi connectivity index (χ3n) is 3.20. The minimum Gasteiger partial charge on any atom is -0.0661 e. The zero-order valence-corrected chi connectivity index (χ0v) is 9.85. The fourth-order valence-corrected chi connectivity index (χ4v) is 2.64. The minimum atomic E-state index is 0.844. The van der Waals surface area contributed by atoms with Crippen molar-refractivity contribution in [2.75, 3.05) is 0 Å². The van der Waals surface area contributed by atoms with E-state index in [4.69, 9.17) is 0 Å². The lowest BCUT2D eigenvalue weighted by Gasteiger charge is -2.11. The lowest BCUT2D eigenvalue weighted by molar-refractivity contribution is 0.479. The molecule has 13 heavy (non-hydrogen) atoms. The Kier molecular flexibility index (Phi) is 3.58. The molecule has 1 aliphatic carbocycles. The number of rotatable bonds is 5. The summed E-state index contributed by atoms with van der Waals surface area (Å²) in [5.41, 5.74) is 3.49. The summed E-state index contributed by atoms with van der Waals surface area (Å²) < 4.78 is 0. The van der Waals surface area contributed by atoms with E-state index in [1.165, 1.54) is 19.3 Å². The smallest absolute Gasteiger partial charge is 0.00125 e. The third kappa shape index (κ3) is 2.59. The molecule has 76 valence electrons. The Labute approximate surface area is 83.4 Å². The Hall–Kier alpha value is -0.260. The van der Waals surface area contributed by atoms with Crippen molar-refractivity contribution in [3.8, 4) is 0 Å². The van der Waals surface area contributed by atoms with Gasteiger partial charge >= 0.3 is 0 Å². The van der Waals surface area contributed by atoms with Crippen LogP contribution >= 0.6 is 0 Å². The van der Waals surface area contributed by atoms with Crippen molar-refractivity contribution in [2.45, 2.75) is 53.9 Å². The second-order valence-corrected chi connectivity index (χ2v) is 5.01. The maximum absolute atomic E-state index is 2.40. The van der Waals surface area contributed by atoms with Gasteiger partial charge in [0.2, 0.25) is 0 Å². The highest BCUT2D eigenvalue weighted by Crippen LogP contribution is 2.48. The second-order valence-electron chi connectivity index (χ2n) is 5.01. The number of hydrogen-bond acceptors (Lipinski definition) is 0. The van der Waals surface area contributed by atoms with Crippen molar-refractivity contribution in [2.24, 2.45) is 17.8 Å². The van der Waals surface area contributed by atoms with Gasteiger partial charge in [0.05, 0.1) is 0 Å². The van der Waals surface area contributed by atoms with Gasteiger partial charge in [0.25, 0.3) is 0 Å². The first kappa shape index (κ1) is 10.8. The van der Waals surface area contributed by atoms with Crippen LogP contribution in [0.1, 0.15) is 53.9 Å². The molecule has 0 aromatic rings. The first-order valence-corrected chi connectivity index (χ1v) is 5.78. The topological polar surface area (TPSA) is 0 Å². The summed E-state index contributed by atoms with van der Waals surface area (Å²) in [6.45, 7) is 11.7. The summed E-state index contributed by atoms with van der Waals surface area (Å²) >= 11 is 0. The van der Waals surface area contributed by atoms with Crippen molar-refractivity contribution >= 4 is 0 Å². The van der Waals surface area contributed by atoms with Crippen LogP contribution in [0, 0.1) is 17.8 Å². The van der Waals surface area contributed by atoms with Gasteiger partial charge in [-0.2, -0.15) is 0 Å². The molecular weight excluding hydrogens is 156 g/mol. The van der Waals surface area contributed by atoms with Crippen LogP contribution in [0.5, 0.6) is 0 Å². The van der Waals surface area contributed by atoms with Gasteiger partial charge in [-0.3, -0.25) is 0 Å². The molecule has 0 heterocycles. The Bertz CT molecular complexity index is 198. The summed E-state index contributed by atoms with van der Waals surface area (Å²) in [4.78, 5) is 0. The van der Waals surface area contributed by atoms with E-state index in [1.54, 1.807) is 11.1 Å². The van der Waals surface area contributed by atoms with Crippen LogP contribution in [-0.2, 0) is 0 Å². The number of allylic oxidation sites excluding steroid dienone is 2. The minimum absolute atomic E-state index is 0.844. The lowest BCUT2D eigenvalue weighted by Crippen LogP contribution is -2.00. The summed E-state index contributed by atoms with van der Waals surface area (Å²) in [5.74, 6) is 2.59. The molecule has 0 bridgehead atoms. The van der Waals surface area contributed by atoms with Gasteiger partial charge in [-0.15, -0.1) is 0 Å². The summed E-state index contributed by atoms with van der Waals surface area (Å²) in [6, 6.07) is 0. The van der Waals surface area contributed by atoms with Gasteiger partial charge in [-0.05, 0) is 31.6 Å². The van der Waals surface area contributed by atoms with Crippen molar-refractivity contribution < 1.29 is 0 Å². The highest BCUT2D eigenvalue weighted by atomic mass is 14.4. The molecule has 1 aliphatic rings. The van der Waals surface area contributed by atoms with E-state index in [9.17, 15) is 0 Å². The SMILES string of the molecule is CCCC1C(C)=C1C(C)CC(C)C. The molecule has 0 spiro atoms. The highest BCUT2D eigenvalue weighted by Gasteiger charge is 2.34. The summed E-state index contributed by atoms with van der Waals surface area (Å²) in [7, 11) is 0. The van der Waals surface area contributed by atoms with E-state index in [-0.39, 0.29) is 0 Å². The zero-order chi connectivity index (χ0) is 10.0. The number of hydrogen-bond donors (Lipinski definition) is 0. The summed E-state index contributed by atoms with van der Waals surface area (Å²) in [6.07, 6.45) is 4.09. The van der Waals surface area contributed by atoms with Gasteiger partial charge in [0.1, 0.15) is 0 Å². The maximum Gasteiger partial charge on any atom is 0.00125 e. The quantitative estimate of drug-likeness (QED) is 0.550. The monoisotopic (exact) mass is 180 g/mol. The molecule has 0 aromatic heterocycles. The average Bonchev–Trinajstić information content (AvgIpc) is 2.61. The van der Waals surface area contributed by atoms with E-state index < -0.39 is 0 Å². The standard InChI is InChI=1S/C13H24/c1-6-7-12-11(5)13(12)10(4)8-9(2)3/h9-10,12H,6-8H2,1-5H3. The first-order valence-electron chi connectivity index (χ1n) is 5.78. The van der Waals surface area contributed by atoms with Crippen LogP contribution in [-0.4, -0.2) is 0 Å². The Morgan fingerprint density at radius 1 is 1.23 bits per heavy atom. The molecule has 0 N–H and O–H groups in total. The fourth-order valence-electron chi connectivity index (χ4n) is 2.64. The third-order valence-corrected chi connectivity index (χ3v) is 3.20. The van der Waals surface area contributed by atoms with Crippen LogP contribution in [0.2, 0.25) is 0 Å². The van der Waals surface area contributed by atoms with E-state index >= 15 is 0 Å². The molecule has 1 rings (SSSR count). The molecule has 0 heteroatoms. The summed E-state index contributed by atoms with van der Waals surface area (Å²) in [5, 5.41) is 0. The van der Waals surface area contributed by atoms with Crippen LogP contribution < -0.4 is 0 Å². The molecule has 0 nitrogen and oxygen atoms in total. The molecule has 2 unspecified atom stereocenters. The van der Waals surface area contributed by atoms with E-state index in [0.717, 1.165) is 17.8 Å². The molecule has 0 fully saturated rings. The highest BCUT2D eigenvalue weighted by molar-refractivity contribution is 5.40. The van der Waals surface area contributed by atoms with Crippen molar-refractivity contribution in [1.82, 2.24) is 0 Å². The molecule has 0 aromatic carbocycles. The van der Waals surface area contributed by atoms with Crippen molar-refractivity contribution in [1.29, 1.82) is 0 Å². The normalized spacial score (nSPS) is 24.0. The molecule has 2 atom stereocenters. The average molecular weight is 180 g/mol. The van der Waals surface area contributed by atoms with Crippen molar-refractivity contribution in [3.05, 3.63) is 11.1 Å². The molecule has 0 radical (unpaired) electrons. The van der Waals surface area contributed by atoms with Gasteiger partial charge in [0, 0.05) is 5.92 Å². The Balaban J connectivity index is 2.37. The second kappa shape index (κ2) is 4.30. The van der Waals surface area contributed by atoms with Gasteiger partial charge < -0.3 is 0 Å². The first-order chi connectivity index (χ1) is 6.07. The van der Waals surface area contributed by atoms with Gasteiger partial charge in [-0.25, -0.2) is 0 Å².